The van der Waals surface area contributed by atoms with E-state index in [9.17, 15) is 30.3 Å². The Hall–Kier alpha value is 1.38. The minimum atomic E-state index is -1.82. The van der Waals surface area contributed by atoms with Crippen molar-refractivity contribution in [3.8, 4) is 0 Å². The van der Waals surface area contributed by atoms with E-state index in [0.717, 1.165) is 37.0 Å². The average molecular weight is 456 g/mol. The summed E-state index contributed by atoms with van der Waals surface area (Å²) >= 11 is 9.86. The Labute approximate surface area is 220 Å². The third-order valence-electron chi connectivity index (χ3n) is 4.87. The number of carboxylic acids is 1. The fourth-order valence-electron chi connectivity index (χ4n) is 3.29. The van der Waals surface area contributed by atoms with Crippen LogP contribution in [0, 0.1) is 5.92 Å². The second-order valence-corrected chi connectivity index (χ2v) is 7.82. The molecule has 152 valence electrons. The van der Waals surface area contributed by atoms with E-state index >= 15 is 0 Å². The second-order valence-electron chi connectivity index (χ2n) is 6.79. The van der Waals surface area contributed by atoms with Gasteiger partial charge in [0.15, 0.2) is 0 Å². The van der Waals surface area contributed by atoms with Crippen molar-refractivity contribution in [1.29, 1.82) is 0 Å². The summed E-state index contributed by atoms with van der Waals surface area (Å²) < 4.78 is -0.196. The molecule has 0 heterocycles. The third kappa shape index (κ3) is 10.1. The first-order valence-electron chi connectivity index (χ1n) is 8.70. The minimum Gasteiger partial charge on any atom is -0.548 e. The van der Waals surface area contributed by atoms with Gasteiger partial charge in [0.1, 0.15) is 18.3 Å². The van der Waals surface area contributed by atoms with Gasteiger partial charge in [-0.05, 0) is 12.3 Å². The summed E-state index contributed by atoms with van der Waals surface area (Å²) in [6.07, 6.45) is -1.69. The Bertz CT molecular complexity index is 472. The second kappa shape index (κ2) is 16.1. The Balaban J connectivity index is 0. The molecule has 5 N–H and O–H groups in total. The predicted octanol–water partition coefficient (Wildman–Crippen LogP) is -8.35. The van der Waals surface area contributed by atoms with Gasteiger partial charge in [-0.25, -0.2) is 0 Å². The smallest absolute Gasteiger partial charge is 0.548 e. The van der Waals surface area contributed by atoms with Crippen LogP contribution < -0.4 is 64.2 Å². The van der Waals surface area contributed by atoms with Crippen LogP contribution in [0.15, 0.2) is 0 Å². The number of carboxylic acid groups (broad SMARTS) is 1. The molecule has 12 heteroatoms. The van der Waals surface area contributed by atoms with E-state index in [2.05, 4.69) is 0 Å². The van der Waals surface area contributed by atoms with Crippen molar-refractivity contribution in [3.05, 3.63) is 0 Å². The summed E-state index contributed by atoms with van der Waals surface area (Å²) in [5.41, 5.74) is 0. The van der Waals surface area contributed by atoms with Crippen LogP contribution in [0.3, 0.4) is 0 Å². The molecule has 8 nitrogen and oxygen atoms in total. The first-order valence-corrected chi connectivity index (χ1v) is 9.52. The van der Waals surface area contributed by atoms with Gasteiger partial charge in [0.05, 0.1) is 24.7 Å². The third-order valence-corrected chi connectivity index (χ3v) is 5.34. The number of carbonyl (C=O) groups excluding carboxylic acids is 1. The molecule has 0 saturated heterocycles. The molecule has 0 radical (unpaired) electrons. The van der Waals surface area contributed by atoms with Crippen LogP contribution in [0.4, 0.5) is 0 Å². The number of rotatable bonds is 10. The molecule has 28 heavy (non-hydrogen) atoms. The van der Waals surface area contributed by atoms with Crippen LogP contribution in [-0.2, 0) is 17.4 Å². The average Bonchev–Trinajstić information content (AvgIpc) is 2.62. The number of aliphatic hydroxyl groups excluding tert-OH is 5. The number of carbonyl (C=O) groups is 1. The zero-order valence-electron chi connectivity index (χ0n) is 16.4. The summed E-state index contributed by atoms with van der Waals surface area (Å²) in [5, 5.41) is 59.6. The molecule has 0 bridgehead atoms. The zero-order chi connectivity index (χ0) is 19.9. The molecule has 0 aromatic carbocycles. The van der Waals surface area contributed by atoms with Crippen LogP contribution in [-0.4, -0.2) is 84.3 Å². The van der Waals surface area contributed by atoms with Crippen molar-refractivity contribution >= 4 is 35.1 Å². The summed E-state index contributed by atoms with van der Waals surface area (Å²) in [7, 11) is 0. The summed E-state index contributed by atoms with van der Waals surface area (Å²) in [5.74, 6) is -1.19. The molecular formula is C16H27NNa2O7S2. The van der Waals surface area contributed by atoms with E-state index < -0.39 is 49.6 Å². The molecule has 0 aromatic rings. The zero-order valence-corrected chi connectivity index (χ0v) is 22.1. The maximum absolute atomic E-state index is 11.6. The molecule has 1 aliphatic carbocycles. The topological polar surface area (TPSA) is 145 Å². The van der Waals surface area contributed by atoms with E-state index in [1.165, 1.54) is 0 Å². The van der Waals surface area contributed by atoms with Gasteiger partial charge in [0, 0.05) is 6.54 Å². The van der Waals surface area contributed by atoms with E-state index in [1.807, 2.05) is 0 Å². The van der Waals surface area contributed by atoms with Gasteiger partial charge in [-0.15, -0.1) is 0 Å². The number of thiocarbonyl (C=S) groups is 1. The van der Waals surface area contributed by atoms with Gasteiger partial charge in [0.25, 0.3) is 0 Å². The number of hydrogen-bond donors (Lipinski definition) is 5. The van der Waals surface area contributed by atoms with Gasteiger partial charge in [-0.1, -0.05) is 36.4 Å². The Kier molecular flexibility index (Phi) is 18.1. The number of hydrogen-bond acceptors (Lipinski definition) is 9. The standard InChI is InChI=1S/C16H29NO7S2.2Na/c18-8-12(20)14(22)13(21)11(19)7-17(16(25)26)10(15(23)24)6-9-4-2-1-3-5-9;;/h9-14,18-22H,1-8H2,(H,23,24)(H,25,26);;/q;2*+1/p-2. The van der Waals surface area contributed by atoms with E-state index in [-0.39, 0.29) is 75.8 Å². The maximum Gasteiger partial charge on any atom is 1.00 e. The van der Waals surface area contributed by atoms with Crippen LogP contribution in [0.5, 0.6) is 0 Å². The molecule has 0 spiro atoms. The molecule has 1 fully saturated rings. The fourth-order valence-corrected chi connectivity index (χ4v) is 3.69. The van der Waals surface area contributed by atoms with Crippen molar-refractivity contribution in [3.63, 3.8) is 0 Å². The molecule has 5 unspecified atom stereocenters. The Morgan fingerprint density at radius 1 is 1.07 bits per heavy atom. The van der Waals surface area contributed by atoms with E-state index in [0.29, 0.717) is 0 Å². The van der Waals surface area contributed by atoms with Gasteiger partial charge < -0.3 is 65.2 Å². The number of aliphatic hydroxyl groups is 5. The monoisotopic (exact) mass is 455 g/mol. The Morgan fingerprint density at radius 2 is 1.57 bits per heavy atom. The van der Waals surface area contributed by atoms with E-state index in [1.54, 1.807) is 0 Å². The van der Waals surface area contributed by atoms with Crippen LogP contribution in [0.25, 0.3) is 0 Å². The van der Waals surface area contributed by atoms with Crippen molar-refractivity contribution in [2.24, 2.45) is 5.92 Å². The minimum absolute atomic E-state index is 0. The largest absolute Gasteiger partial charge is 1.00 e. The van der Waals surface area contributed by atoms with Crippen LogP contribution >= 0.6 is 12.2 Å². The summed E-state index contributed by atoms with van der Waals surface area (Å²) in [6, 6.07) is -1.15. The van der Waals surface area contributed by atoms with Crippen molar-refractivity contribution in [2.45, 2.75) is 69.0 Å². The summed E-state index contributed by atoms with van der Waals surface area (Å²) in [4.78, 5) is 12.7. The quantitative estimate of drug-likeness (QED) is 0.122. The SMILES string of the molecule is O=C([O-])C(CC1CCCCC1)N(CC(O)C(O)C(O)C(O)CO)C(=S)[S-].[Na+].[Na+]. The first kappa shape index (κ1) is 31.6. The molecule has 0 amide bonds. The maximum atomic E-state index is 11.6. The van der Waals surface area contributed by atoms with Crippen LogP contribution in [0.1, 0.15) is 38.5 Å². The van der Waals surface area contributed by atoms with Crippen molar-refractivity contribution in [1.82, 2.24) is 4.90 Å². The predicted molar refractivity (Wildman–Crippen MR) is 97.8 cm³/mol. The molecule has 0 aromatic heterocycles. The molecule has 1 aliphatic rings. The first-order chi connectivity index (χ1) is 12.2. The van der Waals surface area contributed by atoms with Crippen molar-refractivity contribution < 1.29 is 94.5 Å². The van der Waals surface area contributed by atoms with E-state index in [4.69, 9.17) is 30.0 Å². The van der Waals surface area contributed by atoms with Gasteiger partial charge in [0.2, 0.25) is 0 Å². The molecule has 0 aliphatic heterocycles. The number of aliphatic carboxylic acids is 1. The number of nitrogens with zero attached hydrogens (tertiary/aromatic N) is 1. The summed E-state index contributed by atoms with van der Waals surface area (Å²) in [6.45, 7) is -1.25. The van der Waals surface area contributed by atoms with Crippen LogP contribution in [0.2, 0.25) is 0 Å². The molecule has 1 rings (SSSR count). The Morgan fingerprint density at radius 3 is 2.00 bits per heavy atom. The van der Waals surface area contributed by atoms with Gasteiger partial charge in [-0.3, -0.25) is 0 Å². The fraction of sp³-hybridized carbons (Fsp3) is 0.875. The van der Waals surface area contributed by atoms with Gasteiger partial charge >= 0.3 is 59.1 Å². The normalized spacial score (nSPS) is 19.9. The molecule has 5 atom stereocenters. The molecule has 1 saturated carbocycles. The van der Waals surface area contributed by atoms with Crippen molar-refractivity contribution in [2.75, 3.05) is 13.2 Å². The molecular weight excluding hydrogens is 428 g/mol. The van der Waals surface area contributed by atoms with Gasteiger partial charge in [-0.2, -0.15) is 0 Å².